The quantitative estimate of drug-likeness (QED) is 0.341. The van der Waals surface area contributed by atoms with Gasteiger partial charge in [-0.05, 0) is 54.9 Å². The number of amides is 1. The number of carbonyl (C=O) groups excluding carboxylic acids is 1. The largest absolute Gasteiger partial charge is 0.489 e. The topological polar surface area (TPSA) is 48.0 Å². The molecule has 0 spiro atoms. The van der Waals surface area contributed by atoms with E-state index in [0.29, 0.717) is 26.3 Å². The first-order valence-corrected chi connectivity index (χ1v) is 13.2. The fourth-order valence-electron chi connectivity index (χ4n) is 5.12. The normalized spacial score (nSPS) is 18.1. The van der Waals surface area contributed by atoms with Gasteiger partial charge in [0, 0.05) is 25.1 Å². The monoisotopic (exact) mass is 485 g/mol. The predicted octanol–water partition coefficient (Wildman–Crippen LogP) is 7.10. The zero-order valence-corrected chi connectivity index (χ0v) is 20.8. The second kappa shape index (κ2) is 12.0. The molecule has 1 aliphatic carbocycles. The summed E-state index contributed by atoms with van der Waals surface area (Å²) < 4.78 is 18.2. The number of hydrogen-bond acceptors (Lipinski definition) is 4. The minimum absolute atomic E-state index is 0.0797. The van der Waals surface area contributed by atoms with E-state index < -0.39 is 0 Å². The zero-order valence-electron chi connectivity index (χ0n) is 20.8. The average molecular weight is 486 g/mol. The lowest BCUT2D eigenvalue weighted by Gasteiger charge is -2.25. The molecule has 3 aromatic rings. The Morgan fingerprint density at radius 2 is 1.44 bits per heavy atom. The number of carbonyl (C=O) groups is 1. The molecular weight excluding hydrogens is 450 g/mol. The Labute approximate surface area is 214 Å². The van der Waals surface area contributed by atoms with Crippen LogP contribution in [-0.4, -0.2) is 30.2 Å². The van der Waals surface area contributed by atoms with Gasteiger partial charge in [0.25, 0.3) is 0 Å². The molecule has 0 radical (unpaired) electrons. The van der Waals surface area contributed by atoms with Crippen LogP contribution in [0.4, 0.5) is 4.79 Å². The van der Waals surface area contributed by atoms with Gasteiger partial charge in [-0.25, -0.2) is 4.79 Å². The van der Waals surface area contributed by atoms with Gasteiger partial charge >= 0.3 is 6.09 Å². The lowest BCUT2D eigenvalue weighted by molar-refractivity contribution is 0.0505. The van der Waals surface area contributed by atoms with Crippen molar-refractivity contribution in [2.75, 3.05) is 13.1 Å². The van der Waals surface area contributed by atoms with Crippen molar-refractivity contribution in [1.82, 2.24) is 4.90 Å². The third-order valence-electron chi connectivity index (χ3n) is 7.18. The Kier molecular flexibility index (Phi) is 8.06. The summed E-state index contributed by atoms with van der Waals surface area (Å²) in [6.45, 7) is 2.34. The summed E-state index contributed by atoms with van der Waals surface area (Å²) in [7, 11) is 0. The number of ether oxygens (including phenoxy) is 3. The molecule has 0 N–H and O–H groups in total. The lowest BCUT2D eigenvalue weighted by atomic mass is 9.97. The molecule has 2 fully saturated rings. The molecule has 1 amide bonds. The van der Waals surface area contributed by atoms with E-state index >= 15 is 0 Å². The van der Waals surface area contributed by atoms with Crippen LogP contribution in [0.2, 0.25) is 0 Å². The van der Waals surface area contributed by atoms with Crippen molar-refractivity contribution in [3.8, 4) is 11.5 Å². The van der Waals surface area contributed by atoms with Gasteiger partial charge < -0.3 is 19.1 Å². The molecule has 5 heteroatoms. The highest BCUT2D eigenvalue weighted by molar-refractivity contribution is 5.68. The van der Waals surface area contributed by atoms with E-state index in [9.17, 15) is 4.79 Å². The van der Waals surface area contributed by atoms with Crippen molar-refractivity contribution >= 4 is 6.09 Å². The van der Waals surface area contributed by atoms with Crippen molar-refractivity contribution in [1.29, 1.82) is 0 Å². The van der Waals surface area contributed by atoms with E-state index in [4.69, 9.17) is 14.2 Å². The summed E-state index contributed by atoms with van der Waals surface area (Å²) >= 11 is 0. The maximum absolute atomic E-state index is 12.8. The first-order chi connectivity index (χ1) is 17.7. The van der Waals surface area contributed by atoms with Crippen LogP contribution < -0.4 is 9.47 Å². The van der Waals surface area contributed by atoms with E-state index in [0.717, 1.165) is 60.3 Å². The Balaban J connectivity index is 1.27. The van der Waals surface area contributed by atoms with Crippen molar-refractivity contribution in [2.45, 2.75) is 63.8 Å². The summed E-state index contributed by atoms with van der Waals surface area (Å²) in [6.07, 6.45) is 6.34. The van der Waals surface area contributed by atoms with E-state index in [1.165, 1.54) is 6.42 Å². The van der Waals surface area contributed by atoms with Crippen molar-refractivity contribution in [3.05, 3.63) is 95.6 Å². The highest BCUT2D eigenvalue weighted by Crippen LogP contribution is 2.37. The summed E-state index contributed by atoms with van der Waals surface area (Å²) in [5.41, 5.74) is 3.35. The van der Waals surface area contributed by atoms with Crippen LogP contribution in [0.3, 0.4) is 0 Å². The SMILES string of the molecule is O=C(OC1CCCCC1)N1CCC(c2ccc(OCc3ccccc3)cc2OCc2ccccc2)C1. The number of rotatable bonds is 8. The molecule has 1 unspecified atom stereocenters. The van der Waals surface area contributed by atoms with Crippen LogP contribution in [0.25, 0.3) is 0 Å². The Bertz CT molecular complexity index is 1110. The molecule has 0 aromatic heterocycles. The zero-order chi connectivity index (χ0) is 24.6. The molecule has 0 bridgehead atoms. The van der Waals surface area contributed by atoms with Gasteiger partial charge in [-0.15, -0.1) is 0 Å². The summed E-state index contributed by atoms with van der Waals surface area (Å²) in [6, 6.07) is 26.4. The predicted molar refractivity (Wildman–Crippen MR) is 140 cm³/mol. The van der Waals surface area contributed by atoms with Crippen LogP contribution in [0.1, 0.15) is 61.1 Å². The molecule has 1 aliphatic heterocycles. The third-order valence-corrected chi connectivity index (χ3v) is 7.18. The molecule has 1 saturated carbocycles. The van der Waals surface area contributed by atoms with Crippen LogP contribution in [0.15, 0.2) is 78.9 Å². The fraction of sp³-hybridized carbons (Fsp3) is 0.387. The Hall–Kier alpha value is -3.47. The molecule has 1 atom stereocenters. The minimum Gasteiger partial charge on any atom is -0.489 e. The Morgan fingerprint density at radius 3 is 2.14 bits per heavy atom. The van der Waals surface area contributed by atoms with Gasteiger partial charge in [0.05, 0.1) is 0 Å². The molecule has 1 saturated heterocycles. The van der Waals surface area contributed by atoms with Gasteiger partial charge in [0.2, 0.25) is 0 Å². The Morgan fingerprint density at radius 1 is 0.778 bits per heavy atom. The number of benzene rings is 3. The number of nitrogens with zero attached hydrogens (tertiary/aromatic N) is 1. The minimum atomic E-state index is -0.168. The number of likely N-dealkylation sites (tertiary alicyclic amines) is 1. The van der Waals surface area contributed by atoms with Crippen LogP contribution in [0.5, 0.6) is 11.5 Å². The molecule has 5 rings (SSSR count). The first-order valence-electron chi connectivity index (χ1n) is 13.2. The summed E-state index contributed by atoms with van der Waals surface area (Å²) in [5, 5.41) is 0. The van der Waals surface area contributed by atoms with Gasteiger partial charge in [-0.2, -0.15) is 0 Å². The lowest BCUT2D eigenvalue weighted by Crippen LogP contribution is -2.33. The van der Waals surface area contributed by atoms with E-state index in [2.05, 4.69) is 30.3 Å². The molecular formula is C31H35NO4. The number of hydrogen-bond donors (Lipinski definition) is 0. The van der Waals surface area contributed by atoms with Crippen LogP contribution in [0, 0.1) is 0 Å². The van der Waals surface area contributed by atoms with Gasteiger partial charge in [-0.3, -0.25) is 0 Å². The molecule has 2 aliphatic rings. The van der Waals surface area contributed by atoms with Crippen LogP contribution in [-0.2, 0) is 18.0 Å². The average Bonchev–Trinajstić information content (AvgIpc) is 3.43. The van der Waals surface area contributed by atoms with E-state index in [1.54, 1.807) is 0 Å². The van der Waals surface area contributed by atoms with Crippen molar-refractivity contribution in [2.24, 2.45) is 0 Å². The highest BCUT2D eigenvalue weighted by atomic mass is 16.6. The maximum Gasteiger partial charge on any atom is 0.410 e. The van der Waals surface area contributed by atoms with Gasteiger partial charge in [0.15, 0.2) is 0 Å². The van der Waals surface area contributed by atoms with E-state index in [-0.39, 0.29) is 18.1 Å². The standard InChI is InChI=1S/C31H35NO4/c33-31(36-27-14-8-3-9-15-27)32-19-18-26(21-32)29-17-16-28(34-22-24-10-4-1-5-11-24)20-30(29)35-23-25-12-6-2-7-13-25/h1-2,4-7,10-13,16-17,20,26-27H,3,8-9,14-15,18-19,21-23H2. The van der Waals surface area contributed by atoms with Crippen LogP contribution >= 0.6 is 0 Å². The van der Waals surface area contributed by atoms with Gasteiger partial charge in [0.1, 0.15) is 30.8 Å². The second-order valence-corrected chi connectivity index (χ2v) is 9.82. The van der Waals surface area contributed by atoms with E-state index in [1.807, 2.05) is 53.4 Å². The molecule has 5 nitrogen and oxygen atoms in total. The summed E-state index contributed by atoms with van der Waals surface area (Å²) in [5.74, 6) is 1.80. The maximum atomic E-state index is 12.8. The summed E-state index contributed by atoms with van der Waals surface area (Å²) in [4.78, 5) is 14.7. The fourth-order valence-corrected chi connectivity index (χ4v) is 5.12. The smallest absolute Gasteiger partial charge is 0.410 e. The molecule has 36 heavy (non-hydrogen) atoms. The molecule has 188 valence electrons. The van der Waals surface area contributed by atoms with Crippen molar-refractivity contribution < 1.29 is 19.0 Å². The molecule has 3 aromatic carbocycles. The first kappa shape index (κ1) is 24.2. The molecule has 1 heterocycles. The second-order valence-electron chi connectivity index (χ2n) is 9.82. The van der Waals surface area contributed by atoms with Crippen molar-refractivity contribution in [3.63, 3.8) is 0 Å². The third kappa shape index (κ3) is 6.39. The highest BCUT2D eigenvalue weighted by Gasteiger charge is 2.31. The van der Waals surface area contributed by atoms with Gasteiger partial charge in [-0.1, -0.05) is 73.2 Å².